The number of nitrogens with zero attached hydrogens (tertiary/aromatic N) is 2. The van der Waals surface area contributed by atoms with Crippen LogP contribution in [0, 0.1) is 6.92 Å². The van der Waals surface area contributed by atoms with Crippen molar-refractivity contribution in [2.24, 2.45) is 0 Å². The lowest BCUT2D eigenvalue weighted by molar-refractivity contribution is -0.117. The summed E-state index contributed by atoms with van der Waals surface area (Å²) in [5.41, 5.74) is 1.05. The number of rotatable bonds is 11. The first-order chi connectivity index (χ1) is 13.9. The highest BCUT2D eigenvalue weighted by Crippen LogP contribution is 2.23. The second-order valence-electron chi connectivity index (χ2n) is 5.90. The van der Waals surface area contributed by atoms with Crippen LogP contribution in [0.2, 0.25) is 10.0 Å². The van der Waals surface area contributed by atoms with Crippen LogP contribution in [-0.4, -0.2) is 49.2 Å². The van der Waals surface area contributed by atoms with Gasteiger partial charge in [-0.25, -0.2) is 4.68 Å². The molecule has 0 spiro atoms. The number of aryl methyl sites for hydroxylation is 1. The minimum atomic E-state index is -0.619. The molecule has 158 valence electrons. The normalized spacial score (nSPS) is 10.9. The topological polar surface area (TPSA) is 94.5 Å². The van der Waals surface area contributed by atoms with Crippen LogP contribution >= 0.6 is 35.1 Å². The molecule has 8 nitrogen and oxygen atoms in total. The maximum Gasteiger partial charge on any atom is 0.287 e. The third kappa shape index (κ3) is 7.61. The van der Waals surface area contributed by atoms with Crippen molar-refractivity contribution in [2.75, 3.05) is 38.8 Å². The van der Waals surface area contributed by atoms with Crippen molar-refractivity contribution in [1.29, 1.82) is 0 Å². The molecule has 0 aliphatic carbocycles. The van der Waals surface area contributed by atoms with Gasteiger partial charge in [-0.05, 0) is 36.6 Å². The number of carbonyl (C=O) groups is 1. The number of methoxy groups -OCH3 is 1. The van der Waals surface area contributed by atoms with Gasteiger partial charge >= 0.3 is 0 Å². The first-order valence-corrected chi connectivity index (χ1v) is 10.3. The summed E-state index contributed by atoms with van der Waals surface area (Å²) in [6, 6.07) is 5.54. The van der Waals surface area contributed by atoms with Gasteiger partial charge in [0.05, 0.1) is 31.0 Å². The van der Waals surface area contributed by atoms with E-state index in [1.807, 2.05) is 19.1 Å². The van der Waals surface area contributed by atoms with Crippen LogP contribution < -0.4 is 15.6 Å². The van der Waals surface area contributed by atoms with Gasteiger partial charge in [0.1, 0.15) is 11.6 Å². The van der Waals surface area contributed by atoms with Gasteiger partial charge in [-0.1, -0.05) is 29.3 Å². The molecule has 0 bridgehead atoms. The molecule has 1 heterocycles. The number of aromatic nitrogens is 2. The van der Waals surface area contributed by atoms with E-state index in [9.17, 15) is 9.59 Å². The van der Waals surface area contributed by atoms with Crippen molar-refractivity contribution in [3.63, 3.8) is 0 Å². The SMILES string of the molecule is COCCOCCNSc1cc(NC(=O)Cn2ncc(Cl)c(Cl)c2=O)ccc1C. The van der Waals surface area contributed by atoms with E-state index in [2.05, 4.69) is 15.1 Å². The van der Waals surface area contributed by atoms with Crippen LogP contribution in [0.3, 0.4) is 0 Å². The molecule has 0 unspecified atom stereocenters. The molecule has 29 heavy (non-hydrogen) atoms. The summed E-state index contributed by atoms with van der Waals surface area (Å²) >= 11 is 13.0. The highest BCUT2D eigenvalue weighted by atomic mass is 35.5. The molecular weight excluding hydrogens is 439 g/mol. The zero-order chi connectivity index (χ0) is 21.2. The second-order valence-corrected chi connectivity index (χ2v) is 7.62. The van der Waals surface area contributed by atoms with E-state index in [1.165, 1.54) is 18.1 Å². The average molecular weight is 461 g/mol. The Morgan fingerprint density at radius 3 is 2.83 bits per heavy atom. The van der Waals surface area contributed by atoms with E-state index in [0.717, 1.165) is 15.1 Å². The Morgan fingerprint density at radius 1 is 1.28 bits per heavy atom. The lowest BCUT2D eigenvalue weighted by Gasteiger charge is -2.11. The predicted octanol–water partition coefficient (Wildman–Crippen LogP) is 2.76. The molecule has 2 rings (SSSR count). The van der Waals surface area contributed by atoms with Gasteiger partial charge in [0, 0.05) is 24.2 Å². The molecule has 2 N–H and O–H groups in total. The van der Waals surface area contributed by atoms with Crippen molar-refractivity contribution in [1.82, 2.24) is 14.5 Å². The maximum absolute atomic E-state index is 12.3. The molecule has 0 saturated heterocycles. The Morgan fingerprint density at radius 2 is 2.07 bits per heavy atom. The summed E-state index contributed by atoms with van der Waals surface area (Å²) in [4.78, 5) is 25.2. The van der Waals surface area contributed by atoms with Gasteiger partial charge in [0.2, 0.25) is 5.91 Å². The van der Waals surface area contributed by atoms with Gasteiger partial charge in [0.15, 0.2) is 0 Å². The molecule has 0 saturated carbocycles. The number of nitrogens with one attached hydrogen (secondary N) is 2. The van der Waals surface area contributed by atoms with Crippen LogP contribution in [0.15, 0.2) is 34.1 Å². The van der Waals surface area contributed by atoms with E-state index >= 15 is 0 Å². The molecule has 1 aromatic heterocycles. The molecule has 1 amide bonds. The van der Waals surface area contributed by atoms with Crippen molar-refractivity contribution in [3.05, 3.63) is 50.4 Å². The molecule has 0 radical (unpaired) electrons. The number of carbonyl (C=O) groups excluding carboxylic acids is 1. The van der Waals surface area contributed by atoms with Crippen molar-refractivity contribution in [3.8, 4) is 0 Å². The van der Waals surface area contributed by atoms with E-state index in [1.54, 1.807) is 13.2 Å². The summed E-state index contributed by atoms with van der Waals surface area (Å²) in [5, 5.41) is 6.45. The molecule has 1 aromatic carbocycles. The fourth-order valence-electron chi connectivity index (χ4n) is 2.17. The van der Waals surface area contributed by atoms with E-state index in [-0.39, 0.29) is 16.6 Å². The molecular formula is C18H22Cl2N4O4S. The van der Waals surface area contributed by atoms with Gasteiger partial charge in [-0.2, -0.15) is 5.10 Å². The molecule has 0 fully saturated rings. The Balaban J connectivity index is 1.89. The second kappa shape index (κ2) is 12.2. The van der Waals surface area contributed by atoms with Gasteiger partial charge < -0.3 is 14.8 Å². The Kier molecular flexibility index (Phi) is 9.92. The van der Waals surface area contributed by atoms with Gasteiger partial charge in [-0.15, -0.1) is 0 Å². The first kappa shape index (κ1) is 23.7. The average Bonchev–Trinajstić information content (AvgIpc) is 2.70. The zero-order valence-corrected chi connectivity index (χ0v) is 18.4. The third-order valence-corrected chi connectivity index (χ3v) is 5.43. The standard InChI is InChI=1S/C18H22Cl2N4O4S/c1-12-3-4-13(9-15(12)29-22-5-6-28-8-7-27-2)23-16(25)11-24-18(26)17(20)14(19)10-21-24/h3-4,9-10,22H,5-8,11H2,1-2H3,(H,23,25). The van der Waals surface area contributed by atoms with Crippen LogP contribution in [-0.2, 0) is 20.8 Å². The minimum Gasteiger partial charge on any atom is -0.382 e. The Bertz CT molecular complexity index is 895. The predicted molar refractivity (Wildman–Crippen MR) is 115 cm³/mol. The van der Waals surface area contributed by atoms with Crippen LogP contribution in [0.1, 0.15) is 5.56 Å². The Labute approximate surface area is 183 Å². The number of hydrogen-bond acceptors (Lipinski definition) is 7. The highest BCUT2D eigenvalue weighted by molar-refractivity contribution is 7.97. The monoisotopic (exact) mass is 460 g/mol. The highest BCUT2D eigenvalue weighted by Gasteiger charge is 2.11. The smallest absolute Gasteiger partial charge is 0.287 e. The third-order valence-electron chi connectivity index (χ3n) is 3.67. The lowest BCUT2D eigenvalue weighted by Crippen LogP contribution is -2.29. The van der Waals surface area contributed by atoms with Crippen molar-refractivity contribution < 1.29 is 14.3 Å². The molecule has 11 heteroatoms. The van der Waals surface area contributed by atoms with Crippen LogP contribution in [0.5, 0.6) is 0 Å². The molecule has 0 aliphatic heterocycles. The Hall–Kier alpha value is -1.62. The largest absolute Gasteiger partial charge is 0.382 e. The number of anilines is 1. The van der Waals surface area contributed by atoms with E-state index in [0.29, 0.717) is 32.1 Å². The number of ether oxygens (including phenoxy) is 2. The number of amides is 1. The van der Waals surface area contributed by atoms with E-state index in [4.69, 9.17) is 32.7 Å². The zero-order valence-electron chi connectivity index (χ0n) is 16.0. The summed E-state index contributed by atoms with van der Waals surface area (Å²) in [5.74, 6) is -0.405. The van der Waals surface area contributed by atoms with E-state index < -0.39 is 11.5 Å². The summed E-state index contributed by atoms with van der Waals surface area (Å²) in [6.45, 7) is 4.05. The van der Waals surface area contributed by atoms with Crippen molar-refractivity contribution >= 4 is 46.7 Å². The van der Waals surface area contributed by atoms with Crippen LogP contribution in [0.4, 0.5) is 5.69 Å². The fraction of sp³-hybridized carbons (Fsp3) is 0.389. The summed E-state index contributed by atoms with van der Waals surface area (Å²) < 4.78 is 14.5. The maximum atomic E-state index is 12.3. The van der Waals surface area contributed by atoms with Crippen molar-refractivity contribution in [2.45, 2.75) is 18.4 Å². The molecule has 2 aromatic rings. The summed E-state index contributed by atoms with van der Waals surface area (Å²) in [6.07, 6.45) is 1.23. The number of hydrogen-bond donors (Lipinski definition) is 2. The van der Waals surface area contributed by atoms with Gasteiger partial charge in [-0.3, -0.25) is 14.3 Å². The lowest BCUT2D eigenvalue weighted by atomic mass is 10.2. The summed E-state index contributed by atoms with van der Waals surface area (Å²) in [7, 11) is 1.63. The quantitative estimate of drug-likeness (QED) is 0.393. The van der Waals surface area contributed by atoms with Gasteiger partial charge in [0.25, 0.3) is 5.56 Å². The first-order valence-electron chi connectivity index (χ1n) is 8.70. The number of benzene rings is 1. The fourth-order valence-corrected chi connectivity index (χ4v) is 3.20. The minimum absolute atomic E-state index is 0.0464. The number of halogens is 2. The molecule has 0 aliphatic rings. The van der Waals surface area contributed by atoms with Crippen LogP contribution in [0.25, 0.3) is 0 Å². The molecule has 0 atom stereocenters.